The molecule has 0 aromatic carbocycles. The summed E-state index contributed by atoms with van der Waals surface area (Å²) in [5, 5.41) is 0. The molecule has 1 amide bonds. The second-order valence-electron chi connectivity index (χ2n) is 5.03. The fourth-order valence-electron chi connectivity index (χ4n) is 2.16. The monoisotopic (exact) mass is 228 g/mol. The minimum absolute atomic E-state index is 0.239. The summed E-state index contributed by atoms with van der Waals surface area (Å²) >= 11 is 0. The molecular formula is C12H24N2O2. The van der Waals surface area contributed by atoms with Gasteiger partial charge in [-0.3, -0.25) is 4.79 Å². The van der Waals surface area contributed by atoms with Crippen LogP contribution in [-0.2, 0) is 9.53 Å². The third-order valence-corrected chi connectivity index (χ3v) is 3.30. The molecule has 2 N–H and O–H groups in total. The molecule has 0 aromatic heterocycles. The molecule has 3 unspecified atom stereocenters. The Bertz CT molecular complexity index is 233. The maximum Gasteiger partial charge on any atom is 0.222 e. The quantitative estimate of drug-likeness (QED) is 0.776. The highest BCUT2D eigenvalue weighted by Gasteiger charge is 2.26. The number of carbonyl (C=O) groups is 1. The van der Waals surface area contributed by atoms with Gasteiger partial charge in [-0.25, -0.2) is 0 Å². The van der Waals surface area contributed by atoms with E-state index in [2.05, 4.69) is 6.92 Å². The number of hydrogen-bond acceptors (Lipinski definition) is 3. The lowest BCUT2D eigenvalue weighted by Crippen LogP contribution is -2.48. The molecule has 0 radical (unpaired) electrons. The van der Waals surface area contributed by atoms with Crippen LogP contribution in [0.4, 0.5) is 0 Å². The Morgan fingerprint density at radius 3 is 2.88 bits per heavy atom. The summed E-state index contributed by atoms with van der Waals surface area (Å²) in [7, 11) is 1.67. The van der Waals surface area contributed by atoms with E-state index in [1.807, 2.05) is 11.8 Å². The lowest BCUT2D eigenvalue weighted by molar-refractivity contribution is -0.134. The molecule has 16 heavy (non-hydrogen) atoms. The molecule has 1 rings (SSSR count). The van der Waals surface area contributed by atoms with Crippen LogP contribution in [0.1, 0.15) is 26.7 Å². The van der Waals surface area contributed by atoms with Gasteiger partial charge in [-0.2, -0.15) is 0 Å². The lowest BCUT2D eigenvalue weighted by atomic mass is 9.94. The van der Waals surface area contributed by atoms with E-state index < -0.39 is 0 Å². The summed E-state index contributed by atoms with van der Waals surface area (Å²) in [6.45, 7) is 6.42. The number of ether oxygens (including phenoxy) is 1. The summed E-state index contributed by atoms with van der Waals surface area (Å²) in [5.74, 6) is 0.946. The highest BCUT2D eigenvalue weighted by Crippen LogP contribution is 2.17. The Kier molecular flexibility index (Phi) is 5.22. The van der Waals surface area contributed by atoms with Crippen LogP contribution in [0.25, 0.3) is 0 Å². The minimum Gasteiger partial charge on any atom is -0.384 e. The first-order chi connectivity index (χ1) is 7.54. The Hall–Kier alpha value is -0.610. The van der Waals surface area contributed by atoms with E-state index in [9.17, 15) is 4.79 Å². The highest BCUT2D eigenvalue weighted by atomic mass is 16.5. The van der Waals surface area contributed by atoms with Gasteiger partial charge in [-0.05, 0) is 18.3 Å². The van der Waals surface area contributed by atoms with Crippen molar-refractivity contribution in [2.45, 2.75) is 32.7 Å². The molecular weight excluding hydrogens is 204 g/mol. The molecule has 4 nitrogen and oxygen atoms in total. The molecule has 0 bridgehead atoms. The number of rotatable bonds is 4. The van der Waals surface area contributed by atoms with Gasteiger partial charge in [0.2, 0.25) is 5.91 Å². The molecule has 0 aliphatic carbocycles. The van der Waals surface area contributed by atoms with Crippen LogP contribution < -0.4 is 5.73 Å². The maximum atomic E-state index is 12.0. The third kappa shape index (κ3) is 3.76. The van der Waals surface area contributed by atoms with Gasteiger partial charge in [-0.1, -0.05) is 13.8 Å². The number of carbonyl (C=O) groups excluding carboxylic acids is 1. The van der Waals surface area contributed by atoms with E-state index >= 15 is 0 Å². The topological polar surface area (TPSA) is 55.6 Å². The molecule has 1 heterocycles. The number of piperidine rings is 1. The Balaban J connectivity index is 2.37. The van der Waals surface area contributed by atoms with Crippen molar-refractivity contribution >= 4 is 5.91 Å². The summed E-state index contributed by atoms with van der Waals surface area (Å²) in [4.78, 5) is 13.9. The summed E-state index contributed by atoms with van der Waals surface area (Å²) in [6, 6.07) is 0.250. The van der Waals surface area contributed by atoms with E-state index in [0.717, 1.165) is 19.5 Å². The zero-order valence-electron chi connectivity index (χ0n) is 10.6. The molecule has 0 aromatic rings. The molecule has 0 saturated carbocycles. The maximum absolute atomic E-state index is 12.0. The van der Waals surface area contributed by atoms with Crippen LogP contribution >= 0.6 is 0 Å². The SMILES string of the molecule is COCC(C)CC(=O)N1CCC(N)C(C)C1. The molecule has 1 fully saturated rings. The number of methoxy groups -OCH3 is 1. The molecule has 3 atom stereocenters. The summed E-state index contributed by atoms with van der Waals surface area (Å²) in [6.07, 6.45) is 1.50. The van der Waals surface area contributed by atoms with Gasteiger partial charge in [-0.15, -0.1) is 0 Å². The van der Waals surface area contributed by atoms with E-state index in [4.69, 9.17) is 10.5 Å². The van der Waals surface area contributed by atoms with E-state index in [1.54, 1.807) is 7.11 Å². The van der Waals surface area contributed by atoms with Crippen molar-refractivity contribution in [2.75, 3.05) is 26.8 Å². The Morgan fingerprint density at radius 2 is 2.31 bits per heavy atom. The first-order valence-electron chi connectivity index (χ1n) is 6.07. The first kappa shape index (κ1) is 13.5. The van der Waals surface area contributed by atoms with Crippen LogP contribution in [0, 0.1) is 11.8 Å². The first-order valence-corrected chi connectivity index (χ1v) is 6.07. The zero-order valence-corrected chi connectivity index (χ0v) is 10.6. The van der Waals surface area contributed by atoms with Crippen LogP contribution in [0.3, 0.4) is 0 Å². The van der Waals surface area contributed by atoms with Crippen LogP contribution in [0.2, 0.25) is 0 Å². The molecule has 94 valence electrons. The van der Waals surface area contributed by atoms with Gasteiger partial charge in [0.05, 0.1) is 0 Å². The number of hydrogen-bond donors (Lipinski definition) is 1. The average molecular weight is 228 g/mol. The largest absolute Gasteiger partial charge is 0.384 e. The van der Waals surface area contributed by atoms with Crippen molar-refractivity contribution in [1.29, 1.82) is 0 Å². The third-order valence-electron chi connectivity index (χ3n) is 3.30. The van der Waals surface area contributed by atoms with Gasteiger partial charge in [0.1, 0.15) is 0 Å². The van der Waals surface area contributed by atoms with Crippen LogP contribution in [0.15, 0.2) is 0 Å². The average Bonchev–Trinajstić information content (AvgIpc) is 2.22. The van der Waals surface area contributed by atoms with Crippen molar-refractivity contribution in [3.05, 3.63) is 0 Å². The summed E-state index contributed by atoms with van der Waals surface area (Å²) in [5.41, 5.74) is 5.93. The normalized spacial score (nSPS) is 27.9. The van der Waals surface area contributed by atoms with Crippen LogP contribution in [-0.4, -0.2) is 43.7 Å². The zero-order chi connectivity index (χ0) is 12.1. The van der Waals surface area contributed by atoms with Crippen molar-refractivity contribution in [1.82, 2.24) is 4.90 Å². The highest BCUT2D eigenvalue weighted by molar-refractivity contribution is 5.76. The molecule has 1 saturated heterocycles. The van der Waals surface area contributed by atoms with E-state index in [1.165, 1.54) is 0 Å². The van der Waals surface area contributed by atoms with Crippen molar-refractivity contribution in [3.63, 3.8) is 0 Å². The van der Waals surface area contributed by atoms with Crippen LogP contribution in [0.5, 0.6) is 0 Å². The lowest BCUT2D eigenvalue weighted by Gasteiger charge is -2.35. The molecule has 4 heteroatoms. The van der Waals surface area contributed by atoms with Gasteiger partial charge in [0, 0.05) is 39.3 Å². The Labute approximate surface area is 98.1 Å². The molecule has 0 spiro atoms. The van der Waals surface area contributed by atoms with Gasteiger partial charge in [0.25, 0.3) is 0 Å². The van der Waals surface area contributed by atoms with Crippen molar-refractivity contribution < 1.29 is 9.53 Å². The smallest absolute Gasteiger partial charge is 0.222 e. The number of likely N-dealkylation sites (tertiary alicyclic amines) is 1. The van der Waals surface area contributed by atoms with E-state index in [-0.39, 0.29) is 11.9 Å². The summed E-state index contributed by atoms with van der Waals surface area (Å²) < 4.78 is 5.04. The predicted molar refractivity (Wildman–Crippen MR) is 64.0 cm³/mol. The second kappa shape index (κ2) is 6.21. The van der Waals surface area contributed by atoms with Gasteiger partial charge >= 0.3 is 0 Å². The number of nitrogens with two attached hydrogens (primary N) is 1. The van der Waals surface area contributed by atoms with E-state index in [0.29, 0.717) is 24.9 Å². The second-order valence-corrected chi connectivity index (χ2v) is 5.03. The van der Waals surface area contributed by atoms with Gasteiger partial charge in [0.15, 0.2) is 0 Å². The number of nitrogens with zero attached hydrogens (tertiary/aromatic N) is 1. The fourth-order valence-corrected chi connectivity index (χ4v) is 2.16. The van der Waals surface area contributed by atoms with Crippen molar-refractivity contribution in [3.8, 4) is 0 Å². The standard InChI is InChI=1S/C12H24N2O2/c1-9(8-16-3)6-12(15)14-5-4-11(13)10(2)7-14/h9-11H,4-8,13H2,1-3H3. The Morgan fingerprint density at radius 1 is 1.62 bits per heavy atom. The fraction of sp³-hybridized carbons (Fsp3) is 0.917. The molecule has 1 aliphatic rings. The number of amides is 1. The van der Waals surface area contributed by atoms with Gasteiger partial charge < -0.3 is 15.4 Å². The van der Waals surface area contributed by atoms with Crippen molar-refractivity contribution in [2.24, 2.45) is 17.6 Å². The minimum atomic E-state index is 0.239. The molecule has 1 aliphatic heterocycles. The predicted octanol–water partition coefficient (Wildman–Crippen LogP) is 0.855.